The standard InChI is InChI=1S/C12H20N2O2/c1-14-7-11(6-13-14)9-16-12-4-2-10(8-15)3-5-12/h6-7,10,12,15H,2-5,8-9H2,1H3. The number of rotatable bonds is 4. The second-order valence-electron chi connectivity index (χ2n) is 4.66. The van der Waals surface area contributed by atoms with Crippen LogP contribution in [-0.4, -0.2) is 27.6 Å². The highest BCUT2D eigenvalue weighted by Crippen LogP contribution is 2.26. The van der Waals surface area contributed by atoms with Crippen LogP contribution in [0.5, 0.6) is 0 Å². The average Bonchev–Trinajstić information content (AvgIpc) is 2.73. The Balaban J connectivity index is 1.71. The largest absolute Gasteiger partial charge is 0.396 e. The lowest BCUT2D eigenvalue weighted by molar-refractivity contribution is 0.00118. The normalized spacial score (nSPS) is 25.9. The van der Waals surface area contributed by atoms with Crippen LogP contribution in [0.2, 0.25) is 0 Å². The third kappa shape index (κ3) is 3.06. The van der Waals surface area contributed by atoms with Gasteiger partial charge >= 0.3 is 0 Å². The van der Waals surface area contributed by atoms with Crippen molar-refractivity contribution in [1.82, 2.24) is 9.78 Å². The Morgan fingerprint density at radius 3 is 2.75 bits per heavy atom. The number of hydrogen-bond acceptors (Lipinski definition) is 3. The zero-order chi connectivity index (χ0) is 11.4. The molecule has 1 N–H and O–H groups in total. The summed E-state index contributed by atoms with van der Waals surface area (Å²) in [6, 6.07) is 0. The summed E-state index contributed by atoms with van der Waals surface area (Å²) >= 11 is 0. The highest BCUT2D eigenvalue weighted by molar-refractivity contribution is 5.01. The number of ether oxygens (including phenoxy) is 1. The van der Waals surface area contributed by atoms with Crippen LogP contribution in [-0.2, 0) is 18.4 Å². The van der Waals surface area contributed by atoms with Crippen LogP contribution in [0.15, 0.2) is 12.4 Å². The van der Waals surface area contributed by atoms with E-state index in [1.54, 1.807) is 4.68 Å². The lowest BCUT2D eigenvalue weighted by Gasteiger charge is -2.27. The van der Waals surface area contributed by atoms with E-state index in [4.69, 9.17) is 9.84 Å². The van der Waals surface area contributed by atoms with Gasteiger partial charge in [0.15, 0.2) is 0 Å². The molecule has 0 spiro atoms. The smallest absolute Gasteiger partial charge is 0.0751 e. The molecule has 1 aliphatic carbocycles. The fourth-order valence-corrected chi connectivity index (χ4v) is 2.24. The van der Waals surface area contributed by atoms with Gasteiger partial charge < -0.3 is 9.84 Å². The molecular weight excluding hydrogens is 204 g/mol. The molecule has 1 aliphatic rings. The minimum absolute atomic E-state index is 0.329. The van der Waals surface area contributed by atoms with Crippen molar-refractivity contribution in [2.75, 3.05) is 6.61 Å². The molecule has 1 heterocycles. The van der Waals surface area contributed by atoms with Gasteiger partial charge in [-0.15, -0.1) is 0 Å². The lowest BCUT2D eigenvalue weighted by atomic mass is 9.88. The van der Waals surface area contributed by atoms with Crippen LogP contribution in [0.3, 0.4) is 0 Å². The van der Waals surface area contributed by atoms with Crippen LogP contribution < -0.4 is 0 Å². The van der Waals surface area contributed by atoms with Crippen molar-refractivity contribution in [3.8, 4) is 0 Å². The third-order valence-electron chi connectivity index (χ3n) is 3.30. The first-order chi connectivity index (χ1) is 7.78. The molecule has 90 valence electrons. The summed E-state index contributed by atoms with van der Waals surface area (Å²) in [5.74, 6) is 0.498. The van der Waals surface area contributed by atoms with Gasteiger partial charge in [-0.05, 0) is 31.6 Å². The quantitative estimate of drug-likeness (QED) is 0.843. The van der Waals surface area contributed by atoms with E-state index < -0.39 is 0 Å². The molecule has 2 rings (SSSR count). The van der Waals surface area contributed by atoms with E-state index >= 15 is 0 Å². The first kappa shape index (κ1) is 11.6. The minimum atomic E-state index is 0.329. The van der Waals surface area contributed by atoms with Gasteiger partial charge in [0.1, 0.15) is 0 Å². The highest BCUT2D eigenvalue weighted by atomic mass is 16.5. The summed E-state index contributed by atoms with van der Waals surface area (Å²) < 4.78 is 7.63. The second kappa shape index (κ2) is 5.46. The first-order valence-corrected chi connectivity index (χ1v) is 5.98. The second-order valence-corrected chi connectivity index (χ2v) is 4.66. The van der Waals surface area contributed by atoms with E-state index in [9.17, 15) is 0 Å². The Labute approximate surface area is 96.2 Å². The molecule has 0 aromatic carbocycles. The minimum Gasteiger partial charge on any atom is -0.396 e. The molecule has 0 amide bonds. The summed E-state index contributed by atoms with van der Waals surface area (Å²) in [6.45, 7) is 0.984. The number of hydrogen-bond donors (Lipinski definition) is 1. The Kier molecular flexibility index (Phi) is 3.96. The lowest BCUT2D eigenvalue weighted by Crippen LogP contribution is -2.23. The van der Waals surface area contributed by atoms with Gasteiger partial charge in [-0.2, -0.15) is 5.10 Å². The van der Waals surface area contributed by atoms with Gasteiger partial charge in [-0.3, -0.25) is 4.68 Å². The molecule has 0 unspecified atom stereocenters. The Morgan fingerprint density at radius 2 is 2.19 bits per heavy atom. The first-order valence-electron chi connectivity index (χ1n) is 5.98. The Morgan fingerprint density at radius 1 is 1.44 bits per heavy atom. The van der Waals surface area contributed by atoms with E-state index in [0.717, 1.165) is 31.2 Å². The van der Waals surface area contributed by atoms with Gasteiger partial charge in [0.05, 0.1) is 18.9 Å². The van der Waals surface area contributed by atoms with Crippen molar-refractivity contribution in [1.29, 1.82) is 0 Å². The molecule has 1 aromatic heterocycles. The van der Waals surface area contributed by atoms with Crippen molar-refractivity contribution in [2.45, 2.75) is 38.4 Å². The van der Waals surface area contributed by atoms with Crippen molar-refractivity contribution >= 4 is 0 Å². The van der Waals surface area contributed by atoms with Crippen molar-refractivity contribution in [2.24, 2.45) is 13.0 Å². The van der Waals surface area contributed by atoms with Gasteiger partial charge in [-0.25, -0.2) is 0 Å². The zero-order valence-electron chi connectivity index (χ0n) is 9.80. The molecule has 0 saturated heterocycles. The van der Waals surface area contributed by atoms with Crippen molar-refractivity contribution in [3.05, 3.63) is 18.0 Å². The van der Waals surface area contributed by atoms with E-state index in [1.807, 2.05) is 19.4 Å². The molecule has 0 aliphatic heterocycles. The molecular formula is C12H20N2O2. The van der Waals surface area contributed by atoms with Gasteiger partial charge in [0.2, 0.25) is 0 Å². The fraction of sp³-hybridized carbons (Fsp3) is 0.750. The SMILES string of the molecule is Cn1cc(COC2CCC(CO)CC2)cn1. The molecule has 1 fully saturated rings. The summed E-state index contributed by atoms with van der Waals surface area (Å²) in [7, 11) is 1.91. The maximum absolute atomic E-state index is 9.04. The number of aliphatic hydroxyl groups excluding tert-OH is 1. The Hall–Kier alpha value is -0.870. The van der Waals surface area contributed by atoms with Crippen LogP contribution >= 0.6 is 0 Å². The molecule has 4 heteroatoms. The van der Waals surface area contributed by atoms with E-state index in [1.165, 1.54) is 0 Å². The Bertz CT molecular complexity index is 317. The highest BCUT2D eigenvalue weighted by Gasteiger charge is 2.20. The third-order valence-corrected chi connectivity index (χ3v) is 3.30. The van der Waals surface area contributed by atoms with Crippen LogP contribution in [0.25, 0.3) is 0 Å². The maximum Gasteiger partial charge on any atom is 0.0751 e. The number of nitrogens with zero attached hydrogens (tertiary/aromatic N) is 2. The molecule has 0 radical (unpaired) electrons. The predicted molar refractivity (Wildman–Crippen MR) is 60.8 cm³/mol. The summed E-state index contributed by atoms with van der Waals surface area (Å²) in [5, 5.41) is 13.1. The zero-order valence-corrected chi connectivity index (χ0v) is 9.80. The van der Waals surface area contributed by atoms with Gasteiger partial charge in [0, 0.05) is 25.4 Å². The summed E-state index contributed by atoms with van der Waals surface area (Å²) in [4.78, 5) is 0. The number of aliphatic hydroxyl groups is 1. The molecule has 0 bridgehead atoms. The van der Waals surface area contributed by atoms with E-state index in [2.05, 4.69) is 5.10 Å². The average molecular weight is 224 g/mol. The van der Waals surface area contributed by atoms with Crippen LogP contribution in [0.1, 0.15) is 31.2 Å². The summed E-state index contributed by atoms with van der Waals surface area (Å²) in [5.41, 5.74) is 1.13. The van der Waals surface area contributed by atoms with E-state index in [0.29, 0.717) is 25.2 Å². The maximum atomic E-state index is 9.04. The fourth-order valence-electron chi connectivity index (χ4n) is 2.24. The molecule has 1 aromatic rings. The summed E-state index contributed by atoms with van der Waals surface area (Å²) in [6.07, 6.45) is 8.53. The van der Waals surface area contributed by atoms with Gasteiger partial charge in [0.25, 0.3) is 0 Å². The molecule has 0 atom stereocenters. The number of aryl methyl sites for hydroxylation is 1. The van der Waals surface area contributed by atoms with Crippen LogP contribution in [0, 0.1) is 5.92 Å². The van der Waals surface area contributed by atoms with Gasteiger partial charge in [-0.1, -0.05) is 0 Å². The molecule has 4 nitrogen and oxygen atoms in total. The molecule has 1 saturated carbocycles. The number of aromatic nitrogens is 2. The molecule has 16 heavy (non-hydrogen) atoms. The predicted octanol–water partition coefficient (Wildman–Crippen LogP) is 1.49. The van der Waals surface area contributed by atoms with Crippen molar-refractivity contribution in [3.63, 3.8) is 0 Å². The topological polar surface area (TPSA) is 47.3 Å². The van der Waals surface area contributed by atoms with Crippen molar-refractivity contribution < 1.29 is 9.84 Å². The van der Waals surface area contributed by atoms with E-state index in [-0.39, 0.29) is 0 Å². The van der Waals surface area contributed by atoms with Crippen LogP contribution in [0.4, 0.5) is 0 Å². The monoisotopic (exact) mass is 224 g/mol.